The number of nitrogens with zero attached hydrogens (tertiary/aromatic N) is 1. The quantitative estimate of drug-likeness (QED) is 0.635. The molecule has 0 amide bonds. The second-order valence-electron chi connectivity index (χ2n) is 5.51. The summed E-state index contributed by atoms with van der Waals surface area (Å²) in [4.78, 5) is 2.52. The van der Waals surface area contributed by atoms with Crippen LogP contribution in [-0.4, -0.2) is 23.8 Å². The molecule has 3 nitrogen and oxygen atoms in total. The Bertz CT molecular complexity index is 431. The molecular weight excluding hydrogens is 222 g/mol. The number of likely N-dealkylation sites (tertiary alicyclic amines) is 1. The highest BCUT2D eigenvalue weighted by Gasteiger charge is 2.16. The highest BCUT2D eigenvalue weighted by Crippen LogP contribution is 2.20. The molecular formula is C15H23N3. The van der Waals surface area contributed by atoms with Crippen LogP contribution in [0.25, 0.3) is 0 Å². The van der Waals surface area contributed by atoms with Crippen LogP contribution in [0.3, 0.4) is 0 Å². The predicted molar refractivity (Wildman–Crippen MR) is 75.9 cm³/mol. The molecule has 0 spiro atoms. The Morgan fingerprint density at radius 2 is 2.06 bits per heavy atom. The third kappa shape index (κ3) is 3.10. The van der Waals surface area contributed by atoms with Gasteiger partial charge in [-0.3, -0.25) is 10.3 Å². The molecule has 1 heterocycles. The second-order valence-corrected chi connectivity index (χ2v) is 5.51. The number of nitrogens with one attached hydrogen (secondary N) is 1. The van der Waals surface area contributed by atoms with E-state index in [0.717, 1.165) is 18.0 Å². The van der Waals surface area contributed by atoms with Crippen LogP contribution >= 0.6 is 0 Å². The lowest BCUT2D eigenvalue weighted by Crippen LogP contribution is -2.32. The van der Waals surface area contributed by atoms with Gasteiger partial charge in [-0.25, -0.2) is 0 Å². The number of hydrogen-bond acceptors (Lipinski definition) is 2. The Morgan fingerprint density at radius 3 is 2.61 bits per heavy atom. The van der Waals surface area contributed by atoms with E-state index in [2.05, 4.69) is 24.8 Å². The molecule has 0 atom stereocenters. The van der Waals surface area contributed by atoms with Crippen LogP contribution in [0.15, 0.2) is 18.2 Å². The maximum atomic E-state index is 7.44. The maximum Gasteiger partial charge on any atom is 0.122 e. The molecule has 0 aliphatic carbocycles. The third-order valence-electron chi connectivity index (χ3n) is 3.92. The molecule has 0 unspecified atom stereocenters. The summed E-state index contributed by atoms with van der Waals surface area (Å²) < 4.78 is 0. The minimum absolute atomic E-state index is 0.149. The van der Waals surface area contributed by atoms with Crippen LogP contribution in [0.4, 0.5) is 0 Å². The van der Waals surface area contributed by atoms with E-state index >= 15 is 0 Å². The summed E-state index contributed by atoms with van der Waals surface area (Å²) in [5.74, 6) is 1.03. The number of hydrogen-bond donors (Lipinski definition) is 2. The van der Waals surface area contributed by atoms with Gasteiger partial charge in [0.25, 0.3) is 0 Å². The summed E-state index contributed by atoms with van der Waals surface area (Å²) in [6.07, 6.45) is 2.62. The molecule has 3 N–H and O–H groups in total. The largest absolute Gasteiger partial charge is 0.384 e. The van der Waals surface area contributed by atoms with Crippen LogP contribution in [0, 0.1) is 18.3 Å². The molecule has 1 aromatic carbocycles. The van der Waals surface area contributed by atoms with E-state index in [-0.39, 0.29) is 5.84 Å². The van der Waals surface area contributed by atoms with Crippen molar-refractivity contribution < 1.29 is 0 Å². The highest BCUT2D eigenvalue weighted by molar-refractivity contribution is 5.95. The normalized spacial score (nSPS) is 17.9. The van der Waals surface area contributed by atoms with E-state index in [9.17, 15) is 0 Å². The van der Waals surface area contributed by atoms with Crippen molar-refractivity contribution in [2.75, 3.05) is 13.1 Å². The van der Waals surface area contributed by atoms with Crippen LogP contribution < -0.4 is 5.73 Å². The van der Waals surface area contributed by atoms with E-state index in [4.69, 9.17) is 11.1 Å². The third-order valence-corrected chi connectivity index (χ3v) is 3.92. The number of amidine groups is 1. The zero-order valence-corrected chi connectivity index (χ0v) is 11.4. The van der Waals surface area contributed by atoms with Gasteiger partial charge in [0.05, 0.1) is 0 Å². The molecule has 1 aliphatic rings. The Labute approximate surface area is 109 Å². The first-order valence-corrected chi connectivity index (χ1v) is 6.72. The molecule has 98 valence electrons. The van der Waals surface area contributed by atoms with Gasteiger partial charge in [-0.15, -0.1) is 0 Å². The average molecular weight is 245 g/mol. The number of aryl methyl sites for hydroxylation is 1. The fraction of sp³-hybridized carbons (Fsp3) is 0.533. The van der Waals surface area contributed by atoms with Crippen molar-refractivity contribution >= 4 is 5.84 Å². The fourth-order valence-corrected chi connectivity index (χ4v) is 2.50. The van der Waals surface area contributed by atoms with E-state index < -0.39 is 0 Å². The smallest absolute Gasteiger partial charge is 0.122 e. The molecule has 0 saturated carbocycles. The zero-order chi connectivity index (χ0) is 13.1. The summed E-state index contributed by atoms with van der Waals surface area (Å²) in [7, 11) is 0. The molecule has 0 aromatic heterocycles. The molecule has 18 heavy (non-hydrogen) atoms. The Balaban J connectivity index is 2.03. The van der Waals surface area contributed by atoms with Gasteiger partial charge in [-0.05, 0) is 56.0 Å². The minimum atomic E-state index is 0.149. The minimum Gasteiger partial charge on any atom is -0.384 e. The van der Waals surface area contributed by atoms with Gasteiger partial charge in [0.15, 0.2) is 0 Å². The number of piperidine rings is 1. The topological polar surface area (TPSA) is 53.1 Å². The van der Waals surface area contributed by atoms with Crippen LogP contribution in [-0.2, 0) is 6.54 Å². The van der Waals surface area contributed by atoms with Crippen molar-refractivity contribution in [3.05, 3.63) is 34.9 Å². The van der Waals surface area contributed by atoms with Crippen molar-refractivity contribution in [1.82, 2.24) is 4.90 Å². The lowest BCUT2D eigenvalue weighted by Gasteiger charge is -2.30. The van der Waals surface area contributed by atoms with Crippen LogP contribution in [0.2, 0.25) is 0 Å². The van der Waals surface area contributed by atoms with Gasteiger partial charge in [0, 0.05) is 12.1 Å². The van der Waals surface area contributed by atoms with Crippen molar-refractivity contribution in [3.8, 4) is 0 Å². The van der Waals surface area contributed by atoms with Gasteiger partial charge in [-0.2, -0.15) is 0 Å². The fourth-order valence-electron chi connectivity index (χ4n) is 2.50. The Morgan fingerprint density at radius 1 is 1.39 bits per heavy atom. The molecule has 1 fully saturated rings. The van der Waals surface area contributed by atoms with E-state index in [1.807, 2.05) is 12.1 Å². The molecule has 1 saturated heterocycles. The van der Waals surface area contributed by atoms with Gasteiger partial charge in [-0.1, -0.05) is 19.1 Å². The lowest BCUT2D eigenvalue weighted by molar-refractivity contribution is 0.185. The molecule has 0 radical (unpaired) electrons. The molecule has 1 aliphatic heterocycles. The zero-order valence-electron chi connectivity index (χ0n) is 11.4. The highest BCUT2D eigenvalue weighted by atomic mass is 15.1. The van der Waals surface area contributed by atoms with E-state index in [0.29, 0.717) is 0 Å². The SMILES string of the molecule is Cc1cc(C(=N)N)ccc1CN1CCC(C)CC1. The summed E-state index contributed by atoms with van der Waals surface area (Å²) in [6, 6.07) is 6.09. The summed E-state index contributed by atoms with van der Waals surface area (Å²) in [6.45, 7) is 7.87. The molecule has 1 aromatic rings. The lowest BCUT2D eigenvalue weighted by atomic mass is 9.98. The summed E-state index contributed by atoms with van der Waals surface area (Å²) in [5.41, 5.74) is 8.92. The molecule has 3 heteroatoms. The molecule has 0 bridgehead atoms. The average Bonchev–Trinajstić information content (AvgIpc) is 2.34. The van der Waals surface area contributed by atoms with Crippen LogP contribution in [0.1, 0.15) is 36.5 Å². The van der Waals surface area contributed by atoms with Crippen LogP contribution in [0.5, 0.6) is 0 Å². The van der Waals surface area contributed by atoms with Crippen molar-refractivity contribution in [2.24, 2.45) is 11.7 Å². The van der Waals surface area contributed by atoms with E-state index in [1.165, 1.54) is 37.1 Å². The van der Waals surface area contributed by atoms with Gasteiger partial charge in [0.1, 0.15) is 5.84 Å². The summed E-state index contributed by atoms with van der Waals surface area (Å²) >= 11 is 0. The van der Waals surface area contributed by atoms with Crippen molar-refractivity contribution in [1.29, 1.82) is 5.41 Å². The Kier molecular flexibility index (Phi) is 4.02. The molecule has 2 rings (SSSR count). The Hall–Kier alpha value is -1.35. The second kappa shape index (κ2) is 5.53. The van der Waals surface area contributed by atoms with Crippen molar-refractivity contribution in [3.63, 3.8) is 0 Å². The van der Waals surface area contributed by atoms with Gasteiger partial charge < -0.3 is 5.73 Å². The summed E-state index contributed by atoms with van der Waals surface area (Å²) in [5, 5.41) is 7.44. The number of nitrogens with two attached hydrogens (primary N) is 1. The van der Waals surface area contributed by atoms with Crippen molar-refractivity contribution in [2.45, 2.75) is 33.2 Å². The monoisotopic (exact) mass is 245 g/mol. The number of benzene rings is 1. The predicted octanol–water partition coefficient (Wildman–Crippen LogP) is 2.51. The first-order chi connectivity index (χ1) is 8.56. The van der Waals surface area contributed by atoms with E-state index in [1.54, 1.807) is 0 Å². The number of rotatable bonds is 3. The first-order valence-electron chi connectivity index (χ1n) is 6.72. The van der Waals surface area contributed by atoms with Gasteiger partial charge >= 0.3 is 0 Å². The standard InChI is InChI=1S/C15H23N3/c1-11-5-7-18(8-6-11)10-14-4-3-13(15(16)17)9-12(14)2/h3-4,9,11H,5-8,10H2,1-2H3,(H3,16,17). The number of nitrogen functional groups attached to an aromatic ring is 1. The van der Waals surface area contributed by atoms with Gasteiger partial charge in [0.2, 0.25) is 0 Å². The first kappa shape index (κ1) is 13.1. The maximum absolute atomic E-state index is 7.44.